The molecule has 0 saturated heterocycles. The number of nitrogens with one attached hydrogen (secondary N) is 1. The van der Waals surface area contributed by atoms with E-state index in [1.54, 1.807) is 30.5 Å². The predicted octanol–water partition coefficient (Wildman–Crippen LogP) is 3.48. The Hall–Kier alpha value is -2.27. The van der Waals surface area contributed by atoms with E-state index in [0.717, 1.165) is 41.9 Å². The monoisotopic (exact) mass is 459 g/mol. The fourth-order valence-electron chi connectivity index (χ4n) is 2.74. The summed E-state index contributed by atoms with van der Waals surface area (Å²) in [5.74, 6) is 0.799. The van der Waals surface area contributed by atoms with Crippen LogP contribution in [0.4, 0.5) is 11.5 Å². The zero-order chi connectivity index (χ0) is 16.8. The van der Waals surface area contributed by atoms with E-state index in [0.29, 0.717) is 6.54 Å². The second-order valence-electron chi connectivity index (χ2n) is 5.48. The third-order valence-electron chi connectivity index (χ3n) is 3.88. The van der Waals surface area contributed by atoms with Gasteiger partial charge in [-0.2, -0.15) is 0 Å². The predicted molar refractivity (Wildman–Crippen MR) is 103 cm³/mol. The van der Waals surface area contributed by atoms with Gasteiger partial charge in [-0.15, -0.1) is 0 Å². The van der Waals surface area contributed by atoms with Gasteiger partial charge in [-0.05, 0) is 40.3 Å². The maximum absolute atomic E-state index is 4.42. The lowest BCUT2D eigenvalue weighted by Crippen LogP contribution is -2.05. The zero-order valence-electron chi connectivity index (χ0n) is 12.7. The van der Waals surface area contributed by atoms with Crippen molar-refractivity contribution in [2.75, 3.05) is 5.32 Å². The molecule has 0 saturated carbocycles. The number of hydrogen-bond acceptors (Lipinski definition) is 7. The van der Waals surface area contributed by atoms with Gasteiger partial charge in [-0.1, -0.05) is 17.8 Å². The fraction of sp³-hybridized carbons (Fsp3) is 0.0625. The molecule has 0 amide bonds. The lowest BCUT2D eigenvalue weighted by molar-refractivity contribution is 0.812. The van der Waals surface area contributed by atoms with E-state index in [2.05, 4.69) is 71.0 Å². The molecule has 4 heterocycles. The van der Waals surface area contributed by atoms with E-state index in [4.69, 9.17) is 0 Å². The van der Waals surface area contributed by atoms with Gasteiger partial charge >= 0.3 is 0 Å². The number of fused-ring (bicyclic) bond motifs is 3. The SMILES string of the molecule is Ic1ncnc2c1ncn2Cc1ccc2c(c1)Nc1nccnc1S2. The summed E-state index contributed by atoms with van der Waals surface area (Å²) < 4.78 is 2.89. The Morgan fingerprint density at radius 2 is 2.00 bits per heavy atom. The number of imidazole rings is 1. The van der Waals surface area contributed by atoms with Gasteiger partial charge in [-0.25, -0.2) is 24.9 Å². The Morgan fingerprint density at radius 3 is 2.96 bits per heavy atom. The summed E-state index contributed by atoms with van der Waals surface area (Å²) in [7, 11) is 0. The molecule has 122 valence electrons. The van der Waals surface area contributed by atoms with Crippen molar-refractivity contribution in [3.63, 3.8) is 0 Å². The lowest BCUT2D eigenvalue weighted by atomic mass is 10.2. The average Bonchev–Trinajstić information content (AvgIpc) is 3.04. The van der Waals surface area contributed by atoms with Crippen LogP contribution in [-0.4, -0.2) is 29.5 Å². The average molecular weight is 459 g/mol. The second-order valence-corrected chi connectivity index (χ2v) is 7.53. The Bertz CT molecular complexity index is 1110. The highest BCUT2D eigenvalue weighted by Crippen LogP contribution is 2.42. The van der Waals surface area contributed by atoms with Crippen molar-refractivity contribution in [1.82, 2.24) is 29.5 Å². The van der Waals surface area contributed by atoms with E-state index in [1.165, 1.54) is 0 Å². The molecule has 1 N–H and O–H groups in total. The highest BCUT2D eigenvalue weighted by molar-refractivity contribution is 14.1. The molecule has 4 aromatic rings. The normalized spacial score (nSPS) is 12.5. The molecule has 9 heteroatoms. The quantitative estimate of drug-likeness (QED) is 0.320. The summed E-state index contributed by atoms with van der Waals surface area (Å²) in [4.78, 5) is 22.8. The first kappa shape index (κ1) is 15.0. The maximum Gasteiger partial charge on any atom is 0.164 e. The number of hydrogen-bond donors (Lipinski definition) is 1. The Kier molecular flexibility index (Phi) is 3.55. The van der Waals surface area contributed by atoms with Gasteiger partial charge in [0.2, 0.25) is 0 Å². The molecule has 0 unspecified atom stereocenters. The maximum atomic E-state index is 4.42. The van der Waals surface area contributed by atoms with Crippen LogP contribution >= 0.6 is 34.4 Å². The van der Waals surface area contributed by atoms with Gasteiger partial charge in [0, 0.05) is 17.3 Å². The zero-order valence-corrected chi connectivity index (χ0v) is 15.7. The largest absolute Gasteiger partial charge is 0.337 e. The van der Waals surface area contributed by atoms with Crippen LogP contribution in [0, 0.1) is 3.70 Å². The van der Waals surface area contributed by atoms with Crippen LogP contribution in [0.3, 0.4) is 0 Å². The van der Waals surface area contributed by atoms with Gasteiger partial charge in [0.15, 0.2) is 11.5 Å². The van der Waals surface area contributed by atoms with Gasteiger partial charge in [0.05, 0.1) is 18.6 Å². The fourth-order valence-corrected chi connectivity index (χ4v) is 4.13. The smallest absolute Gasteiger partial charge is 0.164 e. The van der Waals surface area contributed by atoms with Crippen LogP contribution < -0.4 is 5.32 Å². The standard InChI is InChI=1S/C16H10IN7S/c17-13-12-15(21-7-20-13)24(8-22-12)6-9-1-2-11-10(5-9)23-14-16(25-11)19-4-3-18-14/h1-5,7-8H,6H2,(H,18,23). The number of rotatable bonds is 2. The Morgan fingerprint density at radius 1 is 1.08 bits per heavy atom. The first-order valence-electron chi connectivity index (χ1n) is 7.48. The molecule has 1 aliphatic heterocycles. The summed E-state index contributed by atoms with van der Waals surface area (Å²) >= 11 is 3.81. The molecular formula is C16H10IN7S. The molecule has 0 atom stereocenters. The molecule has 0 fully saturated rings. The molecule has 7 nitrogen and oxygen atoms in total. The summed E-state index contributed by atoms with van der Waals surface area (Å²) in [6, 6.07) is 6.36. The third kappa shape index (κ3) is 2.63. The Balaban J connectivity index is 1.49. The van der Waals surface area contributed by atoms with E-state index < -0.39 is 0 Å². The lowest BCUT2D eigenvalue weighted by Gasteiger charge is -2.19. The summed E-state index contributed by atoms with van der Waals surface area (Å²) in [5.41, 5.74) is 3.88. The number of benzene rings is 1. The molecular weight excluding hydrogens is 449 g/mol. The molecule has 1 aromatic carbocycles. The van der Waals surface area contributed by atoms with Crippen LogP contribution in [0.15, 0.2) is 53.2 Å². The topological polar surface area (TPSA) is 81.4 Å². The highest BCUT2D eigenvalue weighted by atomic mass is 127. The molecule has 0 bridgehead atoms. The number of nitrogens with zero attached hydrogens (tertiary/aromatic N) is 6. The minimum absolute atomic E-state index is 0.691. The van der Waals surface area contributed by atoms with Crippen molar-refractivity contribution in [3.05, 3.63) is 52.5 Å². The second kappa shape index (κ2) is 5.92. The van der Waals surface area contributed by atoms with Crippen molar-refractivity contribution < 1.29 is 0 Å². The minimum atomic E-state index is 0.691. The van der Waals surface area contributed by atoms with Gasteiger partial charge in [0.25, 0.3) is 0 Å². The van der Waals surface area contributed by atoms with E-state index in [-0.39, 0.29) is 0 Å². The van der Waals surface area contributed by atoms with Crippen LogP contribution in [0.1, 0.15) is 5.56 Å². The van der Waals surface area contributed by atoms with E-state index in [1.807, 2.05) is 10.9 Å². The number of halogens is 1. The first-order chi connectivity index (χ1) is 12.3. The molecule has 0 spiro atoms. The van der Waals surface area contributed by atoms with Gasteiger partial charge in [0.1, 0.15) is 20.6 Å². The highest BCUT2D eigenvalue weighted by Gasteiger charge is 2.18. The minimum Gasteiger partial charge on any atom is -0.337 e. The molecule has 25 heavy (non-hydrogen) atoms. The van der Waals surface area contributed by atoms with E-state index >= 15 is 0 Å². The molecule has 5 rings (SSSR count). The van der Waals surface area contributed by atoms with Crippen molar-refractivity contribution in [2.24, 2.45) is 0 Å². The number of anilines is 2. The summed E-state index contributed by atoms with van der Waals surface area (Å²) in [5, 5.41) is 4.26. The third-order valence-corrected chi connectivity index (χ3v) is 5.74. The van der Waals surface area contributed by atoms with Crippen molar-refractivity contribution in [2.45, 2.75) is 16.5 Å². The molecule has 1 aliphatic rings. The van der Waals surface area contributed by atoms with Crippen LogP contribution in [0.25, 0.3) is 11.2 Å². The molecule has 0 aliphatic carbocycles. The Labute approximate surface area is 160 Å². The van der Waals surface area contributed by atoms with Gasteiger partial charge in [-0.3, -0.25) is 0 Å². The van der Waals surface area contributed by atoms with Crippen molar-refractivity contribution in [1.29, 1.82) is 0 Å². The van der Waals surface area contributed by atoms with Crippen LogP contribution in [0.2, 0.25) is 0 Å². The van der Waals surface area contributed by atoms with E-state index in [9.17, 15) is 0 Å². The summed E-state index contributed by atoms with van der Waals surface area (Å²) in [6.07, 6.45) is 6.79. The van der Waals surface area contributed by atoms with Crippen LogP contribution in [0.5, 0.6) is 0 Å². The van der Waals surface area contributed by atoms with Crippen molar-refractivity contribution in [3.8, 4) is 0 Å². The molecule has 0 radical (unpaired) electrons. The van der Waals surface area contributed by atoms with Crippen LogP contribution in [-0.2, 0) is 6.54 Å². The summed E-state index contributed by atoms with van der Waals surface area (Å²) in [6.45, 7) is 0.691. The number of aromatic nitrogens is 6. The van der Waals surface area contributed by atoms with Gasteiger partial charge < -0.3 is 9.88 Å². The first-order valence-corrected chi connectivity index (χ1v) is 9.37. The van der Waals surface area contributed by atoms with Crippen molar-refractivity contribution >= 4 is 57.0 Å². The molecule has 3 aromatic heterocycles.